The van der Waals surface area contributed by atoms with Crippen LogP contribution in [0.1, 0.15) is 11.1 Å². The Kier molecular flexibility index (Phi) is 4.49. The van der Waals surface area contributed by atoms with Crippen LogP contribution in [0, 0.1) is 0 Å². The normalized spacial score (nSPS) is 11.7. The number of hydrogen-bond acceptors (Lipinski definition) is 2. The van der Waals surface area contributed by atoms with E-state index >= 15 is 0 Å². The van der Waals surface area contributed by atoms with E-state index in [2.05, 4.69) is 78.0 Å². The van der Waals surface area contributed by atoms with E-state index in [1.54, 1.807) is 0 Å². The summed E-state index contributed by atoms with van der Waals surface area (Å²) in [7, 11) is 2.17. The number of thiophene rings is 1. The molecule has 0 saturated carbocycles. The van der Waals surface area contributed by atoms with Gasteiger partial charge in [-0.15, -0.1) is 11.3 Å². The maximum atomic E-state index is 2.34. The zero-order chi connectivity index (χ0) is 14.5. The fraction of sp³-hybridized carbons (Fsp3) is 0.158. The summed E-state index contributed by atoms with van der Waals surface area (Å²) >= 11 is 1.83. The largest absolute Gasteiger partial charge is 0.298 e. The first-order valence-electron chi connectivity index (χ1n) is 7.18. The molecule has 0 aliphatic heterocycles. The maximum absolute atomic E-state index is 2.34. The molecule has 21 heavy (non-hydrogen) atoms. The zero-order valence-corrected chi connectivity index (χ0v) is 13.0. The van der Waals surface area contributed by atoms with Crippen molar-refractivity contribution in [2.24, 2.45) is 0 Å². The molecule has 3 rings (SSSR count). The lowest BCUT2D eigenvalue weighted by Crippen LogP contribution is -2.17. The fourth-order valence-corrected chi connectivity index (χ4v) is 3.40. The summed E-state index contributed by atoms with van der Waals surface area (Å²) in [5.41, 5.74) is 2.68. The quantitative estimate of drug-likeness (QED) is 0.636. The molecule has 1 nitrogen and oxygen atoms in total. The van der Waals surface area contributed by atoms with Crippen LogP contribution in [-0.4, -0.2) is 18.5 Å². The van der Waals surface area contributed by atoms with Crippen LogP contribution in [-0.2, 0) is 6.54 Å². The van der Waals surface area contributed by atoms with Crippen molar-refractivity contribution in [1.29, 1.82) is 0 Å². The molecule has 0 spiro atoms. The van der Waals surface area contributed by atoms with E-state index in [0.717, 1.165) is 13.1 Å². The summed E-state index contributed by atoms with van der Waals surface area (Å²) in [5.74, 6) is 0. The molecule has 0 fully saturated rings. The van der Waals surface area contributed by atoms with E-state index in [1.807, 2.05) is 17.4 Å². The molecular formula is C19H19NS. The first-order valence-corrected chi connectivity index (χ1v) is 8.06. The first kappa shape index (κ1) is 14.1. The van der Waals surface area contributed by atoms with Gasteiger partial charge in [0.1, 0.15) is 0 Å². The lowest BCUT2D eigenvalue weighted by Gasteiger charge is -2.13. The third-order valence-corrected chi connectivity index (χ3v) is 4.54. The lowest BCUT2D eigenvalue weighted by molar-refractivity contribution is 0.366. The van der Waals surface area contributed by atoms with Gasteiger partial charge in [0.15, 0.2) is 0 Å². The Hall–Kier alpha value is -1.90. The van der Waals surface area contributed by atoms with Gasteiger partial charge in [0.25, 0.3) is 0 Å². The Morgan fingerprint density at radius 3 is 2.62 bits per heavy atom. The number of nitrogens with zero attached hydrogens (tertiary/aromatic N) is 1. The monoisotopic (exact) mass is 293 g/mol. The Morgan fingerprint density at radius 2 is 1.76 bits per heavy atom. The number of rotatable bonds is 5. The molecule has 0 radical (unpaired) electrons. The smallest absolute Gasteiger partial charge is 0.0346 e. The molecule has 1 aromatic heterocycles. The molecule has 1 heterocycles. The third-order valence-electron chi connectivity index (χ3n) is 3.53. The predicted molar refractivity (Wildman–Crippen MR) is 93.6 cm³/mol. The van der Waals surface area contributed by atoms with E-state index in [-0.39, 0.29) is 0 Å². The van der Waals surface area contributed by atoms with Crippen LogP contribution in [0.25, 0.3) is 16.2 Å². The Morgan fingerprint density at radius 1 is 1.00 bits per heavy atom. The molecule has 2 aromatic carbocycles. The Bertz CT molecular complexity index is 727. The lowest BCUT2D eigenvalue weighted by atomic mass is 10.1. The number of likely N-dealkylation sites (N-methyl/N-ethyl adjacent to an activating group) is 1. The SMILES string of the molecule is CN(C/C=C/c1ccccc1)Cc1csc2ccccc12. The molecule has 3 aromatic rings. The van der Waals surface area contributed by atoms with Crippen LogP contribution in [0.5, 0.6) is 0 Å². The van der Waals surface area contributed by atoms with E-state index in [4.69, 9.17) is 0 Å². The molecule has 0 amide bonds. The van der Waals surface area contributed by atoms with Gasteiger partial charge in [-0.25, -0.2) is 0 Å². The first-order chi connectivity index (χ1) is 10.3. The van der Waals surface area contributed by atoms with E-state index < -0.39 is 0 Å². The highest BCUT2D eigenvalue weighted by atomic mass is 32.1. The van der Waals surface area contributed by atoms with Gasteiger partial charge in [-0.05, 0) is 35.0 Å². The van der Waals surface area contributed by atoms with E-state index in [1.165, 1.54) is 21.2 Å². The second-order valence-corrected chi connectivity index (χ2v) is 6.18. The maximum Gasteiger partial charge on any atom is 0.0346 e. The second-order valence-electron chi connectivity index (χ2n) is 5.27. The average molecular weight is 293 g/mol. The van der Waals surface area contributed by atoms with Crippen molar-refractivity contribution in [3.05, 3.63) is 77.2 Å². The van der Waals surface area contributed by atoms with Crippen LogP contribution in [0.4, 0.5) is 0 Å². The average Bonchev–Trinajstić information content (AvgIpc) is 2.92. The molecule has 2 heteroatoms. The summed E-state index contributed by atoms with van der Waals surface area (Å²) in [6.45, 7) is 1.95. The van der Waals surface area contributed by atoms with E-state index in [9.17, 15) is 0 Å². The molecule has 0 bridgehead atoms. The number of benzene rings is 2. The second kappa shape index (κ2) is 6.70. The van der Waals surface area contributed by atoms with Crippen LogP contribution in [0.3, 0.4) is 0 Å². The topological polar surface area (TPSA) is 3.24 Å². The van der Waals surface area contributed by atoms with Crippen molar-refractivity contribution in [3.63, 3.8) is 0 Å². The summed E-state index contributed by atoms with van der Waals surface area (Å²) in [5, 5.41) is 3.67. The number of hydrogen-bond donors (Lipinski definition) is 0. The standard InChI is InChI=1S/C19H19NS/c1-20(13-7-10-16-8-3-2-4-9-16)14-17-15-21-19-12-6-5-11-18(17)19/h2-12,15H,13-14H2,1H3/b10-7+. The minimum Gasteiger partial charge on any atom is -0.298 e. The molecule has 106 valence electrons. The Balaban J connectivity index is 1.61. The summed E-state index contributed by atoms with van der Waals surface area (Å²) < 4.78 is 1.38. The minimum atomic E-state index is 0.957. The summed E-state index contributed by atoms with van der Waals surface area (Å²) in [4.78, 5) is 2.34. The molecular weight excluding hydrogens is 274 g/mol. The van der Waals surface area contributed by atoms with Crippen molar-refractivity contribution in [2.45, 2.75) is 6.54 Å². The zero-order valence-electron chi connectivity index (χ0n) is 12.2. The highest BCUT2D eigenvalue weighted by Crippen LogP contribution is 2.26. The third kappa shape index (κ3) is 3.60. The van der Waals surface area contributed by atoms with Crippen LogP contribution in [0.2, 0.25) is 0 Å². The summed E-state index contributed by atoms with van der Waals surface area (Å²) in [6.07, 6.45) is 4.41. The van der Waals surface area contributed by atoms with Gasteiger partial charge in [0.05, 0.1) is 0 Å². The van der Waals surface area contributed by atoms with Gasteiger partial charge >= 0.3 is 0 Å². The Labute approximate surface area is 130 Å². The molecule has 0 atom stereocenters. The molecule has 0 aliphatic rings. The fourth-order valence-electron chi connectivity index (χ4n) is 2.44. The van der Waals surface area contributed by atoms with Gasteiger partial charge in [0, 0.05) is 17.8 Å². The van der Waals surface area contributed by atoms with E-state index in [0.29, 0.717) is 0 Å². The minimum absolute atomic E-state index is 0.957. The van der Waals surface area contributed by atoms with Crippen LogP contribution >= 0.6 is 11.3 Å². The number of fused-ring (bicyclic) bond motifs is 1. The molecule has 0 unspecified atom stereocenters. The highest BCUT2D eigenvalue weighted by molar-refractivity contribution is 7.17. The van der Waals surface area contributed by atoms with Crippen molar-refractivity contribution < 1.29 is 0 Å². The van der Waals surface area contributed by atoms with Crippen molar-refractivity contribution in [3.8, 4) is 0 Å². The van der Waals surface area contributed by atoms with Gasteiger partial charge in [-0.1, -0.05) is 60.7 Å². The van der Waals surface area contributed by atoms with Crippen LogP contribution in [0.15, 0.2) is 66.1 Å². The molecule has 0 aliphatic carbocycles. The molecule has 0 N–H and O–H groups in total. The van der Waals surface area contributed by atoms with Gasteiger partial charge in [-0.3, -0.25) is 4.90 Å². The predicted octanol–water partition coefficient (Wildman–Crippen LogP) is 5.05. The molecule has 0 saturated heterocycles. The van der Waals surface area contributed by atoms with Crippen molar-refractivity contribution in [1.82, 2.24) is 4.90 Å². The van der Waals surface area contributed by atoms with Gasteiger partial charge < -0.3 is 0 Å². The van der Waals surface area contributed by atoms with Gasteiger partial charge in [0.2, 0.25) is 0 Å². The van der Waals surface area contributed by atoms with Crippen molar-refractivity contribution >= 4 is 27.5 Å². The van der Waals surface area contributed by atoms with Crippen molar-refractivity contribution in [2.75, 3.05) is 13.6 Å². The highest BCUT2D eigenvalue weighted by Gasteiger charge is 2.05. The summed E-state index contributed by atoms with van der Waals surface area (Å²) in [6, 6.07) is 19.1. The van der Waals surface area contributed by atoms with Crippen LogP contribution < -0.4 is 0 Å². The van der Waals surface area contributed by atoms with Gasteiger partial charge in [-0.2, -0.15) is 0 Å².